The number of benzene rings is 1. The third-order valence-electron chi connectivity index (χ3n) is 6.32. The molecule has 3 atom stereocenters. The molecule has 1 aliphatic carbocycles. The van der Waals surface area contributed by atoms with Crippen molar-refractivity contribution in [3.05, 3.63) is 36.9 Å². The number of sulfonamides is 1. The highest BCUT2D eigenvalue weighted by molar-refractivity contribution is 7.89. The van der Waals surface area contributed by atoms with E-state index in [1.165, 1.54) is 16.7 Å². The Morgan fingerprint density at radius 1 is 1.27 bits per heavy atom. The standard InChI is InChI=1S/C23H30N4O5S/c1-15-11-27(16(2)13-28)33(30,31)22-7-6-18(19-9-24-14-25-10-19)8-20(22)32-21(15)12-26(3)23(29)17-4-5-17/h6-10,14-17,21,28H,4-5,11-13H2,1-3H3/t15-,16+,21+/m0/s1. The van der Waals surface area contributed by atoms with Crippen LogP contribution in [0.3, 0.4) is 0 Å². The van der Waals surface area contributed by atoms with Gasteiger partial charge in [0.05, 0.1) is 13.2 Å². The van der Waals surface area contributed by atoms with Crippen LogP contribution in [-0.4, -0.2) is 77.5 Å². The van der Waals surface area contributed by atoms with Gasteiger partial charge in [-0.2, -0.15) is 4.31 Å². The molecule has 1 aromatic carbocycles. The number of hydrogen-bond donors (Lipinski definition) is 1. The molecule has 1 saturated carbocycles. The second kappa shape index (κ2) is 9.36. The predicted octanol–water partition coefficient (Wildman–Crippen LogP) is 1.78. The van der Waals surface area contributed by atoms with E-state index in [-0.39, 0.29) is 41.5 Å². The number of aliphatic hydroxyl groups excluding tert-OH is 1. The topological polar surface area (TPSA) is 113 Å². The van der Waals surface area contributed by atoms with Crippen LogP contribution < -0.4 is 4.74 Å². The minimum Gasteiger partial charge on any atom is -0.487 e. The highest BCUT2D eigenvalue weighted by Gasteiger charge is 2.39. The molecule has 0 unspecified atom stereocenters. The summed E-state index contributed by atoms with van der Waals surface area (Å²) in [7, 11) is -2.16. The molecule has 2 aliphatic rings. The Labute approximate surface area is 194 Å². The highest BCUT2D eigenvalue weighted by atomic mass is 32.2. The molecule has 0 saturated heterocycles. The zero-order valence-electron chi connectivity index (χ0n) is 19.1. The smallest absolute Gasteiger partial charge is 0.247 e. The van der Waals surface area contributed by atoms with Gasteiger partial charge in [0.1, 0.15) is 23.1 Å². The van der Waals surface area contributed by atoms with Crippen LogP contribution in [0.5, 0.6) is 5.75 Å². The predicted molar refractivity (Wildman–Crippen MR) is 122 cm³/mol. The monoisotopic (exact) mass is 474 g/mol. The number of aliphatic hydroxyl groups is 1. The fourth-order valence-corrected chi connectivity index (χ4v) is 5.90. The molecule has 0 spiro atoms. The normalized spacial score (nSPS) is 23.5. The summed E-state index contributed by atoms with van der Waals surface area (Å²) in [4.78, 5) is 22.4. The van der Waals surface area contributed by atoms with E-state index in [0.717, 1.165) is 24.0 Å². The number of ether oxygens (including phenoxy) is 1. The quantitative estimate of drug-likeness (QED) is 0.679. The molecule has 0 bridgehead atoms. The van der Waals surface area contributed by atoms with Crippen LogP contribution in [-0.2, 0) is 14.8 Å². The van der Waals surface area contributed by atoms with E-state index in [1.54, 1.807) is 43.4 Å². The molecule has 178 valence electrons. The summed E-state index contributed by atoms with van der Waals surface area (Å²) < 4.78 is 34.8. The minimum absolute atomic E-state index is 0.0384. The van der Waals surface area contributed by atoms with Gasteiger partial charge < -0.3 is 14.7 Å². The number of rotatable bonds is 6. The van der Waals surface area contributed by atoms with Gasteiger partial charge in [0.15, 0.2) is 0 Å². The summed E-state index contributed by atoms with van der Waals surface area (Å²) in [6.45, 7) is 3.81. The first-order chi connectivity index (χ1) is 15.7. The summed E-state index contributed by atoms with van der Waals surface area (Å²) in [5.41, 5.74) is 1.45. The Balaban J connectivity index is 1.76. The first kappa shape index (κ1) is 23.6. The second-order valence-electron chi connectivity index (χ2n) is 9.02. The summed E-state index contributed by atoms with van der Waals surface area (Å²) in [5, 5.41) is 9.76. The van der Waals surface area contributed by atoms with E-state index in [0.29, 0.717) is 6.54 Å². The third kappa shape index (κ3) is 4.87. The van der Waals surface area contributed by atoms with Gasteiger partial charge in [-0.3, -0.25) is 4.79 Å². The van der Waals surface area contributed by atoms with Crippen molar-refractivity contribution < 1.29 is 23.1 Å². The van der Waals surface area contributed by atoms with E-state index >= 15 is 0 Å². The first-order valence-corrected chi connectivity index (χ1v) is 12.6. The van der Waals surface area contributed by atoms with Crippen LogP contribution >= 0.6 is 0 Å². The third-order valence-corrected chi connectivity index (χ3v) is 8.34. The molecule has 1 amide bonds. The van der Waals surface area contributed by atoms with Gasteiger partial charge in [0.2, 0.25) is 15.9 Å². The van der Waals surface area contributed by atoms with E-state index in [2.05, 4.69) is 9.97 Å². The maximum atomic E-state index is 13.6. The van der Waals surface area contributed by atoms with E-state index in [1.807, 2.05) is 6.92 Å². The number of carbonyl (C=O) groups excluding carboxylic acids is 1. The molecule has 0 radical (unpaired) electrons. The van der Waals surface area contributed by atoms with Crippen molar-refractivity contribution in [1.82, 2.24) is 19.2 Å². The lowest BCUT2D eigenvalue weighted by Crippen LogP contribution is -2.50. The summed E-state index contributed by atoms with van der Waals surface area (Å²) in [5.74, 6) is 0.175. The average Bonchev–Trinajstić information content (AvgIpc) is 3.66. The van der Waals surface area contributed by atoms with E-state index in [9.17, 15) is 18.3 Å². The molecule has 1 aromatic heterocycles. The summed E-state index contributed by atoms with van der Waals surface area (Å²) in [6, 6.07) is 4.30. The lowest BCUT2D eigenvalue weighted by molar-refractivity contribution is -0.132. The van der Waals surface area contributed by atoms with Crippen molar-refractivity contribution in [1.29, 1.82) is 0 Å². The fraction of sp³-hybridized carbons (Fsp3) is 0.522. The molecule has 2 aromatic rings. The van der Waals surface area contributed by atoms with Crippen molar-refractivity contribution in [3.63, 3.8) is 0 Å². The van der Waals surface area contributed by atoms with Gasteiger partial charge in [0.25, 0.3) is 0 Å². The van der Waals surface area contributed by atoms with Crippen molar-refractivity contribution >= 4 is 15.9 Å². The molecule has 1 N–H and O–H groups in total. The molecular formula is C23H30N4O5S. The van der Waals surface area contributed by atoms with Gasteiger partial charge >= 0.3 is 0 Å². The SMILES string of the molecule is C[C@H](CO)N1C[C@H](C)[C@@H](CN(C)C(=O)C2CC2)Oc2cc(-c3cncnc3)ccc2S1(=O)=O. The van der Waals surface area contributed by atoms with E-state index < -0.39 is 22.2 Å². The number of fused-ring (bicyclic) bond motifs is 1. The summed E-state index contributed by atoms with van der Waals surface area (Å²) in [6.07, 6.45) is 6.12. The molecule has 10 heteroatoms. The largest absolute Gasteiger partial charge is 0.487 e. The second-order valence-corrected chi connectivity index (χ2v) is 10.9. The minimum atomic E-state index is -3.92. The number of nitrogens with zero attached hydrogens (tertiary/aromatic N) is 4. The number of aromatic nitrogens is 2. The Hall–Kier alpha value is -2.56. The Morgan fingerprint density at radius 2 is 1.97 bits per heavy atom. The van der Waals surface area contributed by atoms with Crippen molar-refractivity contribution in [2.75, 3.05) is 26.7 Å². The van der Waals surface area contributed by atoms with Crippen LogP contribution in [0.15, 0.2) is 41.8 Å². The van der Waals surface area contributed by atoms with Gasteiger partial charge in [-0.05, 0) is 37.5 Å². The van der Waals surface area contributed by atoms with E-state index in [4.69, 9.17) is 4.74 Å². The van der Waals surface area contributed by atoms with Crippen LogP contribution in [0, 0.1) is 11.8 Å². The Morgan fingerprint density at radius 3 is 2.61 bits per heavy atom. The fourth-order valence-electron chi connectivity index (χ4n) is 4.07. The van der Waals surface area contributed by atoms with Crippen LogP contribution in [0.4, 0.5) is 0 Å². The van der Waals surface area contributed by atoms with Crippen molar-refractivity contribution in [3.8, 4) is 16.9 Å². The Kier molecular flexibility index (Phi) is 6.69. The molecule has 9 nitrogen and oxygen atoms in total. The number of carbonyl (C=O) groups is 1. The number of amides is 1. The molecule has 2 heterocycles. The molecule has 4 rings (SSSR count). The summed E-state index contributed by atoms with van der Waals surface area (Å²) >= 11 is 0. The lowest BCUT2D eigenvalue weighted by Gasteiger charge is -2.37. The molecule has 33 heavy (non-hydrogen) atoms. The van der Waals surface area contributed by atoms with Crippen molar-refractivity contribution in [2.45, 2.75) is 43.7 Å². The van der Waals surface area contributed by atoms with Crippen LogP contribution in [0.2, 0.25) is 0 Å². The molecule has 1 aliphatic heterocycles. The average molecular weight is 475 g/mol. The molecular weight excluding hydrogens is 444 g/mol. The van der Waals surface area contributed by atoms with Gasteiger partial charge in [0, 0.05) is 49.4 Å². The van der Waals surface area contributed by atoms with Gasteiger partial charge in [-0.15, -0.1) is 0 Å². The van der Waals surface area contributed by atoms with Crippen molar-refractivity contribution in [2.24, 2.45) is 11.8 Å². The Bertz CT molecular complexity index is 1110. The van der Waals surface area contributed by atoms with Gasteiger partial charge in [-0.1, -0.05) is 13.0 Å². The number of hydrogen-bond acceptors (Lipinski definition) is 7. The first-order valence-electron chi connectivity index (χ1n) is 11.2. The zero-order valence-corrected chi connectivity index (χ0v) is 19.9. The van der Waals surface area contributed by atoms with Gasteiger partial charge in [-0.25, -0.2) is 18.4 Å². The maximum Gasteiger partial charge on any atom is 0.247 e. The maximum absolute atomic E-state index is 13.6. The number of likely N-dealkylation sites (N-methyl/N-ethyl adjacent to an activating group) is 1. The highest BCUT2D eigenvalue weighted by Crippen LogP contribution is 2.37. The van der Waals surface area contributed by atoms with Crippen LogP contribution in [0.1, 0.15) is 26.7 Å². The zero-order chi connectivity index (χ0) is 23.8. The van der Waals surface area contributed by atoms with Crippen LogP contribution in [0.25, 0.3) is 11.1 Å². The lowest BCUT2D eigenvalue weighted by atomic mass is 10.0. The molecule has 1 fully saturated rings.